The van der Waals surface area contributed by atoms with Crippen LogP contribution in [-0.4, -0.2) is 47.8 Å². The zero-order chi connectivity index (χ0) is 14.8. The van der Waals surface area contributed by atoms with Gasteiger partial charge in [-0.2, -0.15) is 0 Å². The van der Waals surface area contributed by atoms with E-state index < -0.39 is 0 Å². The van der Waals surface area contributed by atoms with E-state index in [9.17, 15) is 9.90 Å². The average molecular weight is 310 g/mol. The standard InChI is InChI=1S/C16H20ClNO3/c17-12-5-3-11(4-6-12)16(20)18-8-1-2-14(18)13-10-21-9-7-15(13)19/h3-6,13-15,19H,1-2,7-10H2. The number of carbonyl (C=O) groups is 1. The second-order valence-electron chi connectivity index (χ2n) is 5.81. The molecule has 2 saturated heterocycles. The summed E-state index contributed by atoms with van der Waals surface area (Å²) >= 11 is 5.87. The average Bonchev–Trinajstić information content (AvgIpc) is 2.97. The van der Waals surface area contributed by atoms with Gasteiger partial charge in [0.25, 0.3) is 5.91 Å². The number of nitrogens with zero attached hydrogens (tertiary/aromatic N) is 1. The Morgan fingerprint density at radius 2 is 2.05 bits per heavy atom. The molecule has 1 aromatic carbocycles. The first-order valence-electron chi connectivity index (χ1n) is 7.49. The fourth-order valence-electron chi connectivity index (χ4n) is 3.36. The number of hydrogen-bond donors (Lipinski definition) is 1. The molecule has 2 fully saturated rings. The van der Waals surface area contributed by atoms with E-state index in [2.05, 4.69) is 0 Å². The molecule has 3 rings (SSSR count). The molecule has 3 atom stereocenters. The van der Waals surface area contributed by atoms with Gasteiger partial charge in [0.05, 0.1) is 12.7 Å². The third-order valence-corrected chi connectivity index (χ3v) is 4.76. The van der Waals surface area contributed by atoms with Crippen LogP contribution in [0.2, 0.25) is 5.02 Å². The van der Waals surface area contributed by atoms with Crippen LogP contribution in [0.3, 0.4) is 0 Å². The van der Waals surface area contributed by atoms with Crippen molar-refractivity contribution in [1.82, 2.24) is 4.90 Å². The van der Waals surface area contributed by atoms with E-state index in [0.717, 1.165) is 19.4 Å². The molecule has 0 radical (unpaired) electrons. The fourth-order valence-corrected chi connectivity index (χ4v) is 3.49. The Balaban J connectivity index is 1.76. The van der Waals surface area contributed by atoms with E-state index in [1.54, 1.807) is 24.3 Å². The van der Waals surface area contributed by atoms with Crippen molar-refractivity contribution in [2.75, 3.05) is 19.8 Å². The molecule has 3 unspecified atom stereocenters. The molecule has 2 heterocycles. The number of benzene rings is 1. The normalized spacial score (nSPS) is 29.6. The number of amides is 1. The lowest BCUT2D eigenvalue weighted by molar-refractivity contribution is -0.0589. The molecule has 1 N–H and O–H groups in total. The summed E-state index contributed by atoms with van der Waals surface area (Å²) in [7, 11) is 0. The zero-order valence-corrected chi connectivity index (χ0v) is 12.6. The molecule has 2 aliphatic heterocycles. The maximum absolute atomic E-state index is 12.7. The molecule has 0 aromatic heterocycles. The Labute approximate surface area is 129 Å². The lowest BCUT2D eigenvalue weighted by Crippen LogP contribution is -2.48. The minimum absolute atomic E-state index is 0.0203. The van der Waals surface area contributed by atoms with Gasteiger partial charge in [-0.3, -0.25) is 4.79 Å². The largest absolute Gasteiger partial charge is 0.393 e. The van der Waals surface area contributed by atoms with E-state index in [1.807, 2.05) is 4.90 Å². The Kier molecular flexibility index (Phi) is 4.48. The number of carbonyl (C=O) groups excluding carboxylic acids is 1. The molecule has 2 aliphatic rings. The zero-order valence-electron chi connectivity index (χ0n) is 11.9. The number of rotatable bonds is 2. The maximum Gasteiger partial charge on any atom is 0.254 e. The third-order valence-electron chi connectivity index (χ3n) is 4.51. The quantitative estimate of drug-likeness (QED) is 0.912. The van der Waals surface area contributed by atoms with Crippen molar-refractivity contribution in [3.63, 3.8) is 0 Å². The lowest BCUT2D eigenvalue weighted by atomic mass is 9.89. The van der Waals surface area contributed by atoms with Gasteiger partial charge in [0.2, 0.25) is 0 Å². The van der Waals surface area contributed by atoms with Crippen LogP contribution in [0, 0.1) is 5.92 Å². The molecule has 5 heteroatoms. The molecular formula is C16H20ClNO3. The SMILES string of the molecule is O=C(c1ccc(Cl)cc1)N1CCCC1C1COCCC1O. The van der Waals surface area contributed by atoms with Crippen molar-refractivity contribution in [2.45, 2.75) is 31.4 Å². The highest BCUT2D eigenvalue weighted by atomic mass is 35.5. The molecule has 1 amide bonds. The number of aliphatic hydroxyl groups is 1. The number of aliphatic hydroxyl groups excluding tert-OH is 1. The summed E-state index contributed by atoms with van der Waals surface area (Å²) in [5.74, 6) is 0.0458. The Hall–Kier alpha value is -1.10. The molecule has 0 bridgehead atoms. The molecule has 114 valence electrons. The highest BCUT2D eigenvalue weighted by Gasteiger charge is 2.39. The predicted octanol–water partition coefficient (Wildman–Crippen LogP) is 2.34. The third kappa shape index (κ3) is 3.07. The van der Waals surface area contributed by atoms with Gasteiger partial charge >= 0.3 is 0 Å². The first-order chi connectivity index (χ1) is 10.2. The van der Waals surface area contributed by atoms with Gasteiger partial charge in [-0.25, -0.2) is 0 Å². The topological polar surface area (TPSA) is 49.8 Å². The summed E-state index contributed by atoms with van der Waals surface area (Å²) in [6.07, 6.45) is 2.20. The van der Waals surface area contributed by atoms with E-state index in [1.165, 1.54) is 0 Å². The van der Waals surface area contributed by atoms with Crippen molar-refractivity contribution >= 4 is 17.5 Å². The number of hydrogen-bond acceptors (Lipinski definition) is 3. The van der Waals surface area contributed by atoms with Gasteiger partial charge in [-0.15, -0.1) is 0 Å². The molecule has 1 aromatic rings. The van der Waals surface area contributed by atoms with Crippen LogP contribution >= 0.6 is 11.6 Å². The van der Waals surface area contributed by atoms with Crippen LogP contribution in [0.5, 0.6) is 0 Å². The van der Waals surface area contributed by atoms with E-state index in [4.69, 9.17) is 16.3 Å². The van der Waals surface area contributed by atoms with Crippen LogP contribution in [0.25, 0.3) is 0 Å². The summed E-state index contributed by atoms with van der Waals surface area (Å²) in [6.45, 7) is 1.89. The summed E-state index contributed by atoms with van der Waals surface area (Å²) in [5.41, 5.74) is 0.650. The molecule has 0 spiro atoms. The van der Waals surface area contributed by atoms with Crippen molar-refractivity contribution in [1.29, 1.82) is 0 Å². The highest BCUT2D eigenvalue weighted by molar-refractivity contribution is 6.30. The summed E-state index contributed by atoms with van der Waals surface area (Å²) < 4.78 is 5.50. The van der Waals surface area contributed by atoms with Crippen molar-refractivity contribution in [3.05, 3.63) is 34.9 Å². The number of halogens is 1. The molecular weight excluding hydrogens is 290 g/mol. The highest BCUT2D eigenvalue weighted by Crippen LogP contribution is 2.31. The minimum atomic E-state index is -0.373. The maximum atomic E-state index is 12.7. The molecule has 21 heavy (non-hydrogen) atoms. The fraction of sp³-hybridized carbons (Fsp3) is 0.562. The Bertz CT molecular complexity index is 505. The molecule has 0 saturated carbocycles. The van der Waals surface area contributed by atoms with Gasteiger partial charge in [-0.1, -0.05) is 11.6 Å². The minimum Gasteiger partial charge on any atom is -0.393 e. The van der Waals surface area contributed by atoms with Crippen molar-refractivity contribution < 1.29 is 14.6 Å². The molecule has 0 aliphatic carbocycles. The first kappa shape index (κ1) is 14.8. The monoisotopic (exact) mass is 309 g/mol. The summed E-state index contributed by atoms with van der Waals surface area (Å²) in [4.78, 5) is 14.6. The van der Waals surface area contributed by atoms with Gasteiger partial charge < -0.3 is 14.7 Å². The van der Waals surface area contributed by atoms with Crippen LogP contribution in [0.15, 0.2) is 24.3 Å². The Morgan fingerprint density at radius 1 is 1.29 bits per heavy atom. The lowest BCUT2D eigenvalue weighted by Gasteiger charge is -2.37. The van der Waals surface area contributed by atoms with Gasteiger partial charge in [0, 0.05) is 35.7 Å². The smallest absolute Gasteiger partial charge is 0.254 e. The van der Waals surface area contributed by atoms with E-state index in [-0.39, 0.29) is 24.0 Å². The predicted molar refractivity (Wildman–Crippen MR) is 80.4 cm³/mol. The van der Waals surface area contributed by atoms with Crippen molar-refractivity contribution in [2.24, 2.45) is 5.92 Å². The van der Waals surface area contributed by atoms with Gasteiger partial charge in [-0.05, 0) is 43.5 Å². The number of likely N-dealkylation sites (tertiary alicyclic amines) is 1. The second kappa shape index (κ2) is 6.34. The van der Waals surface area contributed by atoms with Gasteiger partial charge in [0.15, 0.2) is 0 Å². The second-order valence-corrected chi connectivity index (χ2v) is 6.25. The van der Waals surface area contributed by atoms with Crippen LogP contribution in [0.4, 0.5) is 0 Å². The first-order valence-corrected chi connectivity index (χ1v) is 7.87. The van der Waals surface area contributed by atoms with Crippen LogP contribution in [0.1, 0.15) is 29.6 Å². The van der Waals surface area contributed by atoms with Crippen molar-refractivity contribution in [3.8, 4) is 0 Å². The molecule has 4 nitrogen and oxygen atoms in total. The van der Waals surface area contributed by atoms with E-state index in [0.29, 0.717) is 30.2 Å². The summed E-state index contributed by atoms with van der Waals surface area (Å²) in [6, 6.07) is 7.06. The van der Waals surface area contributed by atoms with Crippen LogP contribution < -0.4 is 0 Å². The summed E-state index contributed by atoms with van der Waals surface area (Å²) in [5, 5.41) is 10.8. The Morgan fingerprint density at radius 3 is 2.76 bits per heavy atom. The number of ether oxygens (including phenoxy) is 1. The van der Waals surface area contributed by atoms with Crippen LogP contribution in [-0.2, 0) is 4.74 Å². The van der Waals surface area contributed by atoms with Gasteiger partial charge in [0.1, 0.15) is 0 Å². The van der Waals surface area contributed by atoms with E-state index >= 15 is 0 Å².